The maximum Gasteiger partial charge on any atom is 0.394 e. The first-order valence-corrected chi connectivity index (χ1v) is 5.60. The molecule has 0 saturated carbocycles. The Kier molecular flexibility index (Phi) is 4.80. The van der Waals surface area contributed by atoms with E-state index in [4.69, 9.17) is 15.3 Å². The maximum absolute atomic E-state index is 11.1. The molecule has 10 nitrogen and oxygen atoms in total. The second-order valence-electron chi connectivity index (χ2n) is 4.02. The Hall–Kier alpha value is -3.43. The van der Waals surface area contributed by atoms with E-state index in [9.17, 15) is 24.0 Å². The van der Waals surface area contributed by atoms with Gasteiger partial charge in [-0.05, 0) is 24.6 Å². The van der Waals surface area contributed by atoms with Gasteiger partial charge in [0.1, 0.15) is 0 Å². The highest BCUT2D eigenvalue weighted by molar-refractivity contribution is 6.37. The topological polar surface area (TPSA) is 170 Å². The summed E-state index contributed by atoms with van der Waals surface area (Å²) in [4.78, 5) is 54.3. The van der Waals surface area contributed by atoms with E-state index in [0.717, 1.165) is 12.1 Å². The Bertz CT molecular complexity index is 645. The van der Waals surface area contributed by atoms with Crippen LogP contribution in [0.5, 0.6) is 0 Å². The quantitative estimate of drug-likeness (QED) is 0.475. The Morgan fingerprint density at radius 1 is 0.818 bits per heavy atom. The SMILES string of the molecule is Cc1c(NC(=O)C(=O)O)cc(C(=O)O)cc1NC(=O)C(=O)O. The highest BCUT2D eigenvalue weighted by atomic mass is 16.4. The molecule has 0 bridgehead atoms. The minimum atomic E-state index is -1.80. The van der Waals surface area contributed by atoms with E-state index in [-0.39, 0.29) is 22.5 Å². The molecule has 116 valence electrons. The zero-order valence-corrected chi connectivity index (χ0v) is 11.0. The molecule has 1 rings (SSSR count). The maximum atomic E-state index is 11.1. The summed E-state index contributed by atoms with van der Waals surface area (Å²) in [5.74, 6) is -7.84. The smallest absolute Gasteiger partial charge is 0.394 e. The third-order valence-corrected chi connectivity index (χ3v) is 2.54. The second-order valence-corrected chi connectivity index (χ2v) is 4.02. The number of benzene rings is 1. The standard InChI is InChI=1S/C12H10N2O8/c1-4-6(13-8(15)11(19)20)2-5(10(17)18)3-7(4)14-9(16)12(21)22/h2-3H,1H3,(H,13,15)(H,14,16)(H,17,18)(H,19,20)(H,21,22). The third kappa shape index (κ3) is 3.79. The van der Waals surface area contributed by atoms with Gasteiger partial charge in [0.2, 0.25) is 0 Å². The van der Waals surface area contributed by atoms with Crippen molar-refractivity contribution >= 4 is 41.1 Å². The summed E-state index contributed by atoms with van der Waals surface area (Å²) in [6, 6.07) is 1.96. The molecule has 0 fully saturated rings. The molecule has 0 heterocycles. The van der Waals surface area contributed by atoms with Crippen molar-refractivity contribution in [3.63, 3.8) is 0 Å². The first-order chi connectivity index (χ1) is 10.1. The number of nitrogens with one attached hydrogen (secondary N) is 2. The number of aliphatic carboxylic acids is 2. The van der Waals surface area contributed by atoms with Crippen LogP contribution in [0.15, 0.2) is 12.1 Å². The highest BCUT2D eigenvalue weighted by Gasteiger charge is 2.19. The molecule has 0 aromatic heterocycles. The van der Waals surface area contributed by atoms with Crippen LogP contribution >= 0.6 is 0 Å². The summed E-state index contributed by atoms with van der Waals surface area (Å²) < 4.78 is 0. The molecular weight excluding hydrogens is 300 g/mol. The monoisotopic (exact) mass is 310 g/mol. The minimum absolute atomic E-state index is 0.0919. The van der Waals surface area contributed by atoms with E-state index in [1.165, 1.54) is 6.92 Å². The van der Waals surface area contributed by atoms with Crippen LogP contribution in [0.25, 0.3) is 0 Å². The summed E-state index contributed by atoms with van der Waals surface area (Å²) in [6.45, 7) is 1.33. The predicted octanol–water partition coefficient (Wildman–Crippen LogP) is -0.261. The van der Waals surface area contributed by atoms with E-state index in [0.29, 0.717) is 0 Å². The van der Waals surface area contributed by atoms with Gasteiger partial charge in [0, 0.05) is 11.4 Å². The second kappa shape index (κ2) is 6.35. The molecule has 0 saturated heterocycles. The van der Waals surface area contributed by atoms with Crippen molar-refractivity contribution in [3.05, 3.63) is 23.3 Å². The number of carboxylic acids is 3. The summed E-state index contributed by atoms with van der Waals surface area (Å²) >= 11 is 0. The van der Waals surface area contributed by atoms with Crippen LogP contribution in [0.2, 0.25) is 0 Å². The lowest BCUT2D eigenvalue weighted by Crippen LogP contribution is -2.24. The lowest BCUT2D eigenvalue weighted by Gasteiger charge is -2.13. The van der Waals surface area contributed by atoms with Crippen molar-refractivity contribution in [3.8, 4) is 0 Å². The lowest BCUT2D eigenvalue weighted by atomic mass is 10.1. The molecule has 22 heavy (non-hydrogen) atoms. The largest absolute Gasteiger partial charge is 0.478 e. The highest BCUT2D eigenvalue weighted by Crippen LogP contribution is 2.26. The van der Waals surface area contributed by atoms with Crippen molar-refractivity contribution in [2.24, 2.45) is 0 Å². The van der Waals surface area contributed by atoms with Crippen LogP contribution < -0.4 is 10.6 Å². The van der Waals surface area contributed by atoms with Crippen LogP contribution in [0.3, 0.4) is 0 Å². The third-order valence-electron chi connectivity index (χ3n) is 2.54. The number of carboxylic acid groups (broad SMARTS) is 3. The van der Waals surface area contributed by atoms with Crippen molar-refractivity contribution in [2.75, 3.05) is 10.6 Å². The number of anilines is 2. The van der Waals surface area contributed by atoms with Crippen LogP contribution in [0.1, 0.15) is 15.9 Å². The molecule has 1 aromatic carbocycles. The fourth-order valence-electron chi connectivity index (χ4n) is 1.45. The Labute approximate surface area is 122 Å². The number of aromatic carboxylic acids is 1. The van der Waals surface area contributed by atoms with E-state index < -0.39 is 29.7 Å². The van der Waals surface area contributed by atoms with Crippen LogP contribution in [-0.4, -0.2) is 45.0 Å². The van der Waals surface area contributed by atoms with Gasteiger partial charge in [-0.3, -0.25) is 9.59 Å². The first-order valence-electron chi connectivity index (χ1n) is 5.60. The number of amides is 2. The lowest BCUT2D eigenvalue weighted by molar-refractivity contribution is -0.147. The fourth-order valence-corrected chi connectivity index (χ4v) is 1.45. The molecule has 2 amide bonds. The van der Waals surface area contributed by atoms with E-state index in [2.05, 4.69) is 0 Å². The van der Waals surface area contributed by atoms with E-state index >= 15 is 0 Å². The predicted molar refractivity (Wildman–Crippen MR) is 70.7 cm³/mol. The van der Waals surface area contributed by atoms with E-state index in [1.54, 1.807) is 0 Å². The van der Waals surface area contributed by atoms with Gasteiger partial charge in [-0.2, -0.15) is 0 Å². The van der Waals surface area contributed by atoms with Gasteiger partial charge in [0.05, 0.1) is 5.56 Å². The van der Waals surface area contributed by atoms with Gasteiger partial charge < -0.3 is 26.0 Å². The van der Waals surface area contributed by atoms with Gasteiger partial charge >= 0.3 is 29.7 Å². The molecule has 10 heteroatoms. The van der Waals surface area contributed by atoms with Crippen LogP contribution in [0.4, 0.5) is 11.4 Å². The number of carbonyl (C=O) groups excluding carboxylic acids is 2. The zero-order chi connectivity index (χ0) is 17.0. The summed E-state index contributed by atoms with van der Waals surface area (Å²) in [5, 5.41) is 29.9. The molecule has 0 radical (unpaired) electrons. The van der Waals surface area contributed by atoms with Crippen LogP contribution in [0, 0.1) is 6.92 Å². The Morgan fingerprint density at radius 3 is 1.45 bits per heavy atom. The molecule has 0 aliphatic carbocycles. The van der Waals surface area contributed by atoms with Gasteiger partial charge in [0.25, 0.3) is 0 Å². The van der Waals surface area contributed by atoms with Crippen molar-refractivity contribution in [1.82, 2.24) is 0 Å². The number of hydrogen-bond donors (Lipinski definition) is 5. The summed E-state index contributed by atoms with van der Waals surface area (Å²) in [5.41, 5.74) is -0.665. The number of carbonyl (C=O) groups is 5. The van der Waals surface area contributed by atoms with Gasteiger partial charge in [-0.1, -0.05) is 0 Å². The molecular formula is C12H10N2O8. The van der Waals surface area contributed by atoms with Gasteiger partial charge in [-0.25, -0.2) is 14.4 Å². The van der Waals surface area contributed by atoms with Crippen molar-refractivity contribution in [1.29, 1.82) is 0 Å². The first kappa shape index (κ1) is 16.6. The zero-order valence-electron chi connectivity index (χ0n) is 11.0. The summed E-state index contributed by atoms with van der Waals surface area (Å²) in [6.07, 6.45) is 0. The molecule has 0 spiro atoms. The average molecular weight is 310 g/mol. The van der Waals surface area contributed by atoms with Crippen molar-refractivity contribution < 1.29 is 39.3 Å². The minimum Gasteiger partial charge on any atom is -0.478 e. The van der Waals surface area contributed by atoms with Gasteiger partial charge in [0.15, 0.2) is 0 Å². The van der Waals surface area contributed by atoms with E-state index in [1.807, 2.05) is 10.6 Å². The number of hydrogen-bond acceptors (Lipinski definition) is 5. The molecule has 0 unspecified atom stereocenters. The summed E-state index contributed by atoms with van der Waals surface area (Å²) in [7, 11) is 0. The molecule has 5 N–H and O–H groups in total. The number of rotatable bonds is 3. The molecule has 0 atom stereocenters. The molecule has 0 aliphatic rings. The Balaban J connectivity index is 3.32. The molecule has 1 aromatic rings. The Morgan fingerprint density at radius 2 is 1.18 bits per heavy atom. The van der Waals surface area contributed by atoms with Gasteiger partial charge in [-0.15, -0.1) is 0 Å². The average Bonchev–Trinajstić information content (AvgIpc) is 2.42. The van der Waals surface area contributed by atoms with Crippen LogP contribution in [-0.2, 0) is 19.2 Å². The molecule has 0 aliphatic heterocycles. The van der Waals surface area contributed by atoms with Crippen molar-refractivity contribution in [2.45, 2.75) is 6.92 Å². The normalized spacial score (nSPS) is 9.68. The fraction of sp³-hybridized carbons (Fsp3) is 0.0833.